The molecule has 2 aliphatic rings. The molecule has 0 atom stereocenters. The number of nitrogens with one attached hydrogen (secondary N) is 2. The van der Waals surface area contributed by atoms with Crippen LogP contribution in [0.2, 0.25) is 0 Å². The molecule has 1 aromatic heterocycles. The maximum atomic E-state index is 13.1. The number of sulfonamides is 1. The average Bonchev–Trinajstić information content (AvgIpc) is 3.43. The lowest BCUT2D eigenvalue weighted by Crippen LogP contribution is -2.35. The topological polar surface area (TPSA) is 130 Å². The smallest absolute Gasteiger partial charge is 0.343 e. The number of fused-ring (bicyclic) bond motifs is 1. The quantitative estimate of drug-likeness (QED) is 0.621. The molecule has 2 N–H and O–H groups in total. The number of aliphatic imine (C=N–C) groups is 1. The summed E-state index contributed by atoms with van der Waals surface area (Å²) in [6.45, 7) is 5.86. The number of amides is 1. The van der Waals surface area contributed by atoms with Crippen LogP contribution in [0.3, 0.4) is 0 Å². The minimum Gasteiger partial charge on any atom is -0.462 e. The van der Waals surface area contributed by atoms with Crippen molar-refractivity contribution < 1.29 is 27.2 Å². The molecule has 0 spiro atoms. The van der Waals surface area contributed by atoms with Crippen LogP contribution < -0.4 is 10.6 Å². The van der Waals surface area contributed by atoms with Crippen molar-refractivity contribution in [3.63, 3.8) is 0 Å². The van der Waals surface area contributed by atoms with Crippen LogP contribution in [0.1, 0.15) is 43.0 Å². The zero-order valence-electron chi connectivity index (χ0n) is 19.2. The molecule has 2 aromatic rings. The molecule has 4 rings (SSSR count). The fourth-order valence-electron chi connectivity index (χ4n) is 3.91. The van der Waals surface area contributed by atoms with E-state index in [1.807, 2.05) is 6.07 Å². The van der Waals surface area contributed by atoms with Gasteiger partial charge in [0.1, 0.15) is 22.1 Å². The summed E-state index contributed by atoms with van der Waals surface area (Å²) in [4.78, 5) is 30.2. The molecule has 1 aromatic carbocycles. The van der Waals surface area contributed by atoms with Crippen LogP contribution in [-0.4, -0.2) is 50.1 Å². The van der Waals surface area contributed by atoms with E-state index in [4.69, 9.17) is 9.15 Å². The number of anilines is 1. The molecule has 2 aliphatic heterocycles. The van der Waals surface area contributed by atoms with E-state index in [0.717, 1.165) is 12.8 Å². The molecule has 0 saturated carbocycles. The summed E-state index contributed by atoms with van der Waals surface area (Å²) in [6.07, 6.45) is 1.59. The van der Waals surface area contributed by atoms with Gasteiger partial charge in [0.2, 0.25) is 10.0 Å². The molecule has 0 unspecified atom stereocenters. The Balaban J connectivity index is 1.69. The van der Waals surface area contributed by atoms with Crippen LogP contribution >= 0.6 is 0 Å². The summed E-state index contributed by atoms with van der Waals surface area (Å²) in [5.74, 6) is -1.52. The van der Waals surface area contributed by atoms with Gasteiger partial charge < -0.3 is 19.8 Å². The van der Waals surface area contributed by atoms with Crippen LogP contribution in [-0.2, 0) is 19.6 Å². The van der Waals surface area contributed by atoms with Gasteiger partial charge in [0.15, 0.2) is 5.76 Å². The van der Waals surface area contributed by atoms with Crippen LogP contribution in [0.15, 0.2) is 55.9 Å². The van der Waals surface area contributed by atoms with Gasteiger partial charge in [0.25, 0.3) is 5.91 Å². The summed E-state index contributed by atoms with van der Waals surface area (Å²) >= 11 is 0. The molecule has 1 fully saturated rings. The van der Waals surface area contributed by atoms with E-state index in [2.05, 4.69) is 15.6 Å². The lowest BCUT2D eigenvalue weighted by Gasteiger charge is -2.14. The minimum atomic E-state index is -3.77. The molecule has 0 radical (unpaired) electrons. The van der Waals surface area contributed by atoms with Crippen LogP contribution in [0.25, 0.3) is 0 Å². The Hall–Kier alpha value is -3.44. The van der Waals surface area contributed by atoms with Gasteiger partial charge in [0, 0.05) is 24.9 Å². The standard InChI is InChI=1S/C23H26N4O6S/c1-4-32-23(29)20-14(2)24-16-9-5-6-10-17(16)25-21(20)26-22(28)18-13-19(15(3)33-18)34(30,31)27-11-7-8-12-27/h5-6,9-10,13,24H,4,7-8,11-12H2,1-3H3,(H,25,26,28). The van der Waals surface area contributed by atoms with Crippen LogP contribution in [0.5, 0.6) is 0 Å². The Kier molecular flexibility index (Phi) is 6.58. The van der Waals surface area contributed by atoms with E-state index in [1.165, 1.54) is 17.3 Å². The molecular formula is C23H26N4O6S. The number of carbonyl (C=O) groups excluding carboxylic acids is 2. The van der Waals surface area contributed by atoms with E-state index in [9.17, 15) is 18.0 Å². The van der Waals surface area contributed by atoms with Gasteiger partial charge in [-0.25, -0.2) is 18.2 Å². The van der Waals surface area contributed by atoms with E-state index >= 15 is 0 Å². The van der Waals surface area contributed by atoms with Crippen LogP contribution in [0, 0.1) is 6.92 Å². The van der Waals surface area contributed by atoms with Gasteiger partial charge in [-0.2, -0.15) is 4.31 Å². The van der Waals surface area contributed by atoms with E-state index < -0.39 is 21.9 Å². The molecule has 180 valence electrons. The van der Waals surface area contributed by atoms with Gasteiger partial charge in [-0.15, -0.1) is 0 Å². The van der Waals surface area contributed by atoms with E-state index in [0.29, 0.717) is 30.2 Å². The molecule has 0 bridgehead atoms. The average molecular weight is 487 g/mol. The SMILES string of the molecule is CCOC(=O)C1=C(C)Nc2ccccc2N=C1NC(=O)c1cc(S(=O)(=O)N2CCCC2)c(C)o1. The van der Waals surface area contributed by atoms with Crippen molar-refractivity contribution in [2.24, 2.45) is 4.99 Å². The predicted molar refractivity (Wildman–Crippen MR) is 125 cm³/mol. The number of esters is 1. The zero-order valence-corrected chi connectivity index (χ0v) is 20.0. The maximum absolute atomic E-state index is 13.1. The van der Waals surface area contributed by atoms with E-state index in [-0.39, 0.29) is 34.4 Å². The summed E-state index contributed by atoms with van der Waals surface area (Å²) in [6, 6.07) is 8.33. The van der Waals surface area contributed by atoms with Crippen molar-refractivity contribution in [3.8, 4) is 0 Å². The Morgan fingerprint density at radius 3 is 2.62 bits per heavy atom. The number of allylic oxidation sites excluding steroid dienone is 1. The Morgan fingerprint density at radius 2 is 1.91 bits per heavy atom. The second-order valence-electron chi connectivity index (χ2n) is 7.92. The number of hydrogen-bond acceptors (Lipinski definition) is 8. The number of ether oxygens (including phenoxy) is 1. The number of para-hydroxylation sites is 2. The number of carbonyl (C=O) groups is 2. The third-order valence-corrected chi connectivity index (χ3v) is 7.57. The minimum absolute atomic E-state index is 0.0311. The number of benzene rings is 1. The summed E-state index contributed by atoms with van der Waals surface area (Å²) in [5.41, 5.74) is 1.65. The summed E-state index contributed by atoms with van der Waals surface area (Å²) < 4.78 is 38.0. The molecule has 1 saturated heterocycles. The number of nitrogens with zero attached hydrogens (tertiary/aromatic N) is 2. The lowest BCUT2D eigenvalue weighted by molar-refractivity contribution is -0.137. The third-order valence-electron chi connectivity index (χ3n) is 5.56. The largest absolute Gasteiger partial charge is 0.462 e. The maximum Gasteiger partial charge on any atom is 0.343 e. The number of furan rings is 1. The highest BCUT2D eigenvalue weighted by atomic mass is 32.2. The highest BCUT2D eigenvalue weighted by Gasteiger charge is 2.33. The highest BCUT2D eigenvalue weighted by molar-refractivity contribution is 7.89. The van der Waals surface area contributed by atoms with Gasteiger partial charge in [-0.05, 0) is 45.7 Å². The number of rotatable bonds is 5. The number of aryl methyl sites for hydroxylation is 1. The fraction of sp³-hybridized carbons (Fsp3) is 0.348. The molecule has 34 heavy (non-hydrogen) atoms. The van der Waals surface area contributed by atoms with Gasteiger partial charge in [0.05, 0.1) is 18.0 Å². The highest BCUT2D eigenvalue weighted by Crippen LogP contribution is 2.31. The Bertz CT molecular complexity index is 1300. The molecular weight excluding hydrogens is 460 g/mol. The predicted octanol–water partition coefficient (Wildman–Crippen LogP) is 3.10. The molecule has 10 nitrogen and oxygen atoms in total. The molecule has 0 aliphatic carbocycles. The number of amidine groups is 1. The second-order valence-corrected chi connectivity index (χ2v) is 9.83. The first-order chi connectivity index (χ1) is 16.2. The fourth-order valence-corrected chi connectivity index (χ4v) is 5.59. The first-order valence-electron chi connectivity index (χ1n) is 11.0. The normalized spacial score (nSPS) is 16.4. The molecule has 11 heteroatoms. The van der Waals surface area contributed by atoms with Crippen molar-refractivity contribution in [2.45, 2.75) is 38.5 Å². The second kappa shape index (κ2) is 9.43. The van der Waals surface area contributed by atoms with Crippen molar-refractivity contribution in [3.05, 3.63) is 53.1 Å². The van der Waals surface area contributed by atoms with E-state index in [1.54, 1.807) is 32.0 Å². The van der Waals surface area contributed by atoms with Crippen molar-refractivity contribution >= 4 is 39.1 Å². The van der Waals surface area contributed by atoms with Gasteiger partial charge in [-0.1, -0.05) is 12.1 Å². The lowest BCUT2D eigenvalue weighted by atomic mass is 10.2. The number of hydrogen-bond donors (Lipinski definition) is 2. The van der Waals surface area contributed by atoms with Crippen molar-refractivity contribution in [1.82, 2.24) is 9.62 Å². The van der Waals surface area contributed by atoms with Gasteiger partial charge >= 0.3 is 5.97 Å². The first kappa shape index (κ1) is 23.7. The zero-order chi connectivity index (χ0) is 24.5. The monoisotopic (exact) mass is 486 g/mol. The van der Waals surface area contributed by atoms with Crippen molar-refractivity contribution in [1.29, 1.82) is 0 Å². The van der Waals surface area contributed by atoms with Crippen molar-refractivity contribution in [2.75, 3.05) is 25.0 Å². The molecule has 3 heterocycles. The Morgan fingerprint density at radius 1 is 1.21 bits per heavy atom. The first-order valence-corrected chi connectivity index (χ1v) is 12.4. The summed E-state index contributed by atoms with van der Waals surface area (Å²) in [5, 5.41) is 5.73. The third kappa shape index (κ3) is 4.48. The van der Waals surface area contributed by atoms with Gasteiger partial charge in [-0.3, -0.25) is 4.79 Å². The Labute approximate surface area is 197 Å². The summed E-state index contributed by atoms with van der Waals surface area (Å²) in [7, 11) is -3.77. The van der Waals surface area contributed by atoms with Crippen LogP contribution in [0.4, 0.5) is 11.4 Å². The molecule has 1 amide bonds.